The molecule has 0 unspecified atom stereocenters. The second kappa shape index (κ2) is 9.27. The summed E-state index contributed by atoms with van der Waals surface area (Å²) in [5.41, 5.74) is 2.40. The zero-order valence-electron chi connectivity index (χ0n) is 16.5. The van der Waals surface area contributed by atoms with E-state index >= 15 is 0 Å². The number of phenolic OH excluding ortho intramolecular Hbond substituents is 1. The minimum absolute atomic E-state index is 0.111. The molecule has 0 aliphatic carbocycles. The number of rotatable bonds is 6. The molecule has 0 saturated heterocycles. The highest BCUT2D eigenvalue weighted by Crippen LogP contribution is 2.37. The molecule has 154 valence electrons. The van der Waals surface area contributed by atoms with Gasteiger partial charge >= 0.3 is 6.36 Å². The van der Waals surface area contributed by atoms with E-state index in [-0.39, 0.29) is 23.3 Å². The number of alkyl halides is 3. The van der Waals surface area contributed by atoms with Crippen LogP contribution in [0.4, 0.5) is 13.2 Å². The summed E-state index contributed by atoms with van der Waals surface area (Å²) < 4.78 is 40.6. The molecule has 0 heterocycles. The van der Waals surface area contributed by atoms with Gasteiger partial charge in [0.05, 0.1) is 4.91 Å². The van der Waals surface area contributed by atoms with Crippen molar-refractivity contribution in [1.29, 1.82) is 5.26 Å². The van der Waals surface area contributed by atoms with Crippen LogP contribution in [0, 0.1) is 11.3 Å². The molecule has 2 rings (SSSR count). The van der Waals surface area contributed by atoms with E-state index in [0.29, 0.717) is 9.80 Å². The SMILES string of the molecule is CC(C)c1cc(/C=C(\C#N)Sc2ccc(OC(F)(F)F)cc2)cc(C(C)C)c1O. The molecule has 0 fully saturated rings. The Bertz CT molecular complexity index is 898. The average molecular weight is 421 g/mol. The van der Waals surface area contributed by atoms with E-state index in [1.165, 1.54) is 24.3 Å². The molecule has 0 amide bonds. The molecule has 0 bridgehead atoms. The van der Waals surface area contributed by atoms with Crippen LogP contribution in [0.1, 0.15) is 56.2 Å². The molecule has 0 aromatic heterocycles. The summed E-state index contributed by atoms with van der Waals surface area (Å²) in [4.78, 5) is 0.990. The van der Waals surface area contributed by atoms with Crippen LogP contribution < -0.4 is 4.74 Å². The summed E-state index contributed by atoms with van der Waals surface area (Å²) in [7, 11) is 0. The number of nitriles is 1. The number of allylic oxidation sites excluding steroid dienone is 1. The summed E-state index contributed by atoms with van der Waals surface area (Å²) in [6.45, 7) is 7.93. The molecular weight excluding hydrogens is 399 g/mol. The normalized spacial score (nSPS) is 12.3. The number of ether oxygens (including phenoxy) is 1. The molecule has 0 radical (unpaired) electrons. The highest BCUT2D eigenvalue weighted by Gasteiger charge is 2.30. The van der Waals surface area contributed by atoms with Crippen LogP contribution in [0.2, 0.25) is 0 Å². The van der Waals surface area contributed by atoms with E-state index in [1.54, 1.807) is 6.08 Å². The standard InChI is InChI=1S/C22H22F3NO2S/c1-13(2)19-10-15(11-20(14(3)4)21(19)27)9-18(12-26)29-17-7-5-16(6-8-17)28-22(23,24)25/h5-11,13-14,27H,1-4H3/b18-9+. The van der Waals surface area contributed by atoms with Gasteiger partial charge in [0.1, 0.15) is 17.6 Å². The minimum atomic E-state index is -4.74. The van der Waals surface area contributed by atoms with Crippen molar-refractivity contribution in [2.45, 2.75) is 50.8 Å². The Morgan fingerprint density at radius 1 is 1.07 bits per heavy atom. The fraction of sp³-hybridized carbons (Fsp3) is 0.318. The van der Waals surface area contributed by atoms with Crippen LogP contribution in [0.5, 0.6) is 11.5 Å². The van der Waals surface area contributed by atoms with Gasteiger partial charge in [0.25, 0.3) is 0 Å². The van der Waals surface area contributed by atoms with Crippen LogP contribution in [0.15, 0.2) is 46.2 Å². The molecule has 29 heavy (non-hydrogen) atoms. The molecule has 3 nitrogen and oxygen atoms in total. The number of aromatic hydroxyl groups is 1. The molecule has 0 spiro atoms. The second-order valence-electron chi connectivity index (χ2n) is 7.10. The molecule has 0 saturated carbocycles. The lowest BCUT2D eigenvalue weighted by atomic mass is 9.91. The van der Waals surface area contributed by atoms with Gasteiger partial charge < -0.3 is 9.84 Å². The number of nitrogens with zero attached hydrogens (tertiary/aromatic N) is 1. The van der Waals surface area contributed by atoms with Crippen LogP contribution in [-0.4, -0.2) is 11.5 Å². The van der Waals surface area contributed by atoms with Gasteiger partial charge in [-0.25, -0.2) is 0 Å². The van der Waals surface area contributed by atoms with Gasteiger partial charge in [-0.15, -0.1) is 13.2 Å². The van der Waals surface area contributed by atoms with Gasteiger partial charge in [0.2, 0.25) is 0 Å². The van der Waals surface area contributed by atoms with Crippen molar-refractivity contribution in [2.24, 2.45) is 0 Å². The van der Waals surface area contributed by atoms with Crippen molar-refractivity contribution in [2.75, 3.05) is 0 Å². The Labute approximate surface area is 172 Å². The smallest absolute Gasteiger partial charge is 0.507 e. The van der Waals surface area contributed by atoms with Crippen molar-refractivity contribution in [3.05, 3.63) is 58.0 Å². The fourth-order valence-corrected chi connectivity index (χ4v) is 3.51. The highest BCUT2D eigenvalue weighted by atomic mass is 32.2. The van der Waals surface area contributed by atoms with Crippen molar-refractivity contribution in [1.82, 2.24) is 0 Å². The molecule has 0 aliphatic rings. The zero-order valence-corrected chi connectivity index (χ0v) is 17.4. The Morgan fingerprint density at radius 3 is 2.00 bits per heavy atom. The van der Waals surface area contributed by atoms with Gasteiger partial charge in [-0.1, -0.05) is 39.5 Å². The fourth-order valence-electron chi connectivity index (χ4n) is 2.74. The highest BCUT2D eigenvalue weighted by molar-refractivity contribution is 8.03. The Hall–Kier alpha value is -2.59. The lowest BCUT2D eigenvalue weighted by Crippen LogP contribution is -2.16. The first-order chi connectivity index (χ1) is 13.5. The summed E-state index contributed by atoms with van der Waals surface area (Å²) in [6.07, 6.45) is -3.03. The third kappa shape index (κ3) is 6.47. The topological polar surface area (TPSA) is 53.2 Å². The summed E-state index contributed by atoms with van der Waals surface area (Å²) in [6, 6.07) is 11.2. The van der Waals surface area contributed by atoms with Gasteiger partial charge in [-0.2, -0.15) is 5.26 Å². The van der Waals surface area contributed by atoms with E-state index in [0.717, 1.165) is 28.5 Å². The van der Waals surface area contributed by atoms with Crippen molar-refractivity contribution in [3.8, 4) is 17.6 Å². The maximum atomic E-state index is 12.3. The van der Waals surface area contributed by atoms with E-state index in [2.05, 4.69) is 10.8 Å². The first kappa shape index (κ1) is 22.7. The number of hydrogen-bond acceptors (Lipinski definition) is 4. The Balaban J connectivity index is 2.31. The van der Waals surface area contributed by atoms with Crippen LogP contribution in [0.25, 0.3) is 6.08 Å². The van der Waals surface area contributed by atoms with Gasteiger partial charge in [0, 0.05) is 4.90 Å². The average Bonchev–Trinajstić information content (AvgIpc) is 2.62. The van der Waals surface area contributed by atoms with E-state index in [9.17, 15) is 23.5 Å². The Kier molecular flexibility index (Phi) is 7.26. The largest absolute Gasteiger partial charge is 0.573 e. The summed E-state index contributed by atoms with van der Waals surface area (Å²) in [5.74, 6) is 0.185. The van der Waals surface area contributed by atoms with E-state index in [1.807, 2.05) is 39.8 Å². The monoisotopic (exact) mass is 421 g/mol. The van der Waals surface area contributed by atoms with Crippen molar-refractivity contribution < 1.29 is 23.0 Å². The lowest BCUT2D eigenvalue weighted by Gasteiger charge is -2.16. The van der Waals surface area contributed by atoms with E-state index in [4.69, 9.17) is 0 Å². The van der Waals surface area contributed by atoms with Crippen LogP contribution in [-0.2, 0) is 0 Å². The molecule has 2 aromatic carbocycles. The Morgan fingerprint density at radius 2 is 1.59 bits per heavy atom. The first-order valence-electron chi connectivity index (χ1n) is 9.02. The van der Waals surface area contributed by atoms with Gasteiger partial charge in [-0.05, 0) is 71.0 Å². The predicted molar refractivity (Wildman–Crippen MR) is 109 cm³/mol. The number of thioether (sulfide) groups is 1. The molecule has 0 aliphatic heterocycles. The third-order valence-corrected chi connectivity index (χ3v) is 5.07. The first-order valence-corrected chi connectivity index (χ1v) is 9.84. The third-order valence-electron chi connectivity index (χ3n) is 4.13. The maximum Gasteiger partial charge on any atom is 0.573 e. The predicted octanol–water partition coefficient (Wildman–Crippen LogP) is 7.19. The number of benzene rings is 2. The number of hydrogen-bond donors (Lipinski definition) is 1. The molecule has 2 aromatic rings. The van der Waals surface area contributed by atoms with E-state index < -0.39 is 6.36 Å². The molecule has 1 N–H and O–H groups in total. The molecular formula is C22H22F3NO2S. The quantitative estimate of drug-likeness (QED) is 0.396. The van der Waals surface area contributed by atoms with Crippen molar-refractivity contribution in [3.63, 3.8) is 0 Å². The number of halogens is 3. The van der Waals surface area contributed by atoms with Crippen LogP contribution >= 0.6 is 11.8 Å². The summed E-state index contributed by atoms with van der Waals surface area (Å²) in [5, 5.41) is 20.0. The summed E-state index contributed by atoms with van der Waals surface area (Å²) >= 11 is 1.14. The van der Waals surface area contributed by atoms with Crippen molar-refractivity contribution >= 4 is 17.8 Å². The van der Waals surface area contributed by atoms with Crippen LogP contribution in [0.3, 0.4) is 0 Å². The minimum Gasteiger partial charge on any atom is -0.507 e. The zero-order chi connectivity index (χ0) is 21.8. The maximum absolute atomic E-state index is 12.3. The molecule has 0 atom stereocenters. The van der Waals surface area contributed by atoms with Gasteiger partial charge in [-0.3, -0.25) is 0 Å². The van der Waals surface area contributed by atoms with Gasteiger partial charge in [0.15, 0.2) is 0 Å². The lowest BCUT2D eigenvalue weighted by molar-refractivity contribution is -0.274. The molecule has 7 heteroatoms. The number of phenols is 1. The second-order valence-corrected chi connectivity index (χ2v) is 8.21.